The lowest BCUT2D eigenvalue weighted by atomic mass is 9.76. The van der Waals surface area contributed by atoms with Crippen LogP contribution in [0, 0.1) is 17.2 Å². The minimum absolute atomic E-state index is 0.144. The van der Waals surface area contributed by atoms with Crippen LogP contribution in [-0.2, 0) is 0 Å². The first-order valence-corrected chi connectivity index (χ1v) is 6.51. The van der Waals surface area contributed by atoms with E-state index in [0.717, 1.165) is 44.7 Å². The lowest BCUT2D eigenvalue weighted by molar-refractivity contribution is 0.0173. The summed E-state index contributed by atoms with van der Waals surface area (Å²) in [5, 5.41) is 19.0. The molecule has 1 saturated heterocycles. The van der Waals surface area contributed by atoms with Gasteiger partial charge in [-0.25, -0.2) is 0 Å². The number of hydrogen-bond donors (Lipinski definition) is 1. The van der Waals surface area contributed by atoms with Crippen molar-refractivity contribution in [1.82, 2.24) is 4.90 Å². The highest BCUT2D eigenvalue weighted by Gasteiger charge is 2.40. The van der Waals surface area contributed by atoms with Gasteiger partial charge in [-0.3, -0.25) is 4.90 Å². The second-order valence-electron chi connectivity index (χ2n) is 5.54. The molecule has 2 rings (SSSR count). The fourth-order valence-electron chi connectivity index (χ4n) is 3.03. The molecule has 0 spiro atoms. The zero-order valence-corrected chi connectivity index (χ0v) is 10.2. The van der Waals surface area contributed by atoms with Gasteiger partial charge < -0.3 is 5.11 Å². The van der Waals surface area contributed by atoms with Crippen LogP contribution in [0.3, 0.4) is 0 Å². The van der Waals surface area contributed by atoms with Crippen LogP contribution in [0.4, 0.5) is 0 Å². The van der Waals surface area contributed by atoms with Crippen molar-refractivity contribution in [2.75, 3.05) is 13.1 Å². The minimum Gasteiger partial charge on any atom is -0.393 e. The van der Waals surface area contributed by atoms with Gasteiger partial charge in [-0.1, -0.05) is 6.92 Å². The number of piperidine rings is 1. The maximum Gasteiger partial charge on any atom is 0.109 e. The quantitative estimate of drug-likeness (QED) is 0.737. The number of aliphatic hydroxyl groups excluding tert-OH is 1. The molecule has 3 nitrogen and oxygen atoms in total. The summed E-state index contributed by atoms with van der Waals surface area (Å²) in [4.78, 5) is 2.33. The third-order valence-corrected chi connectivity index (χ3v) is 4.38. The molecule has 1 aliphatic heterocycles. The van der Waals surface area contributed by atoms with Crippen molar-refractivity contribution >= 4 is 0 Å². The molecule has 0 radical (unpaired) electrons. The lowest BCUT2D eigenvalue weighted by Crippen LogP contribution is -2.53. The smallest absolute Gasteiger partial charge is 0.109 e. The Morgan fingerprint density at radius 3 is 2.25 bits per heavy atom. The SMILES string of the molecule is CC1CCC(C#N)(N2CCC(O)CC2)CC1. The number of hydrogen-bond acceptors (Lipinski definition) is 3. The molecule has 0 unspecified atom stereocenters. The highest BCUT2D eigenvalue weighted by molar-refractivity contribution is 5.11. The average molecular weight is 222 g/mol. The molecule has 0 bridgehead atoms. The summed E-state index contributed by atoms with van der Waals surface area (Å²) in [6.07, 6.45) is 5.90. The predicted octanol–water partition coefficient (Wildman–Crippen LogP) is 1.92. The van der Waals surface area contributed by atoms with Crippen LogP contribution in [0.25, 0.3) is 0 Å². The average Bonchev–Trinajstić information content (AvgIpc) is 2.32. The number of nitriles is 1. The summed E-state index contributed by atoms with van der Waals surface area (Å²) < 4.78 is 0. The monoisotopic (exact) mass is 222 g/mol. The summed E-state index contributed by atoms with van der Waals surface area (Å²) in [5.41, 5.74) is -0.216. The van der Waals surface area contributed by atoms with Crippen molar-refractivity contribution in [2.24, 2.45) is 5.92 Å². The number of aliphatic hydroxyl groups is 1. The van der Waals surface area contributed by atoms with Crippen LogP contribution in [-0.4, -0.2) is 34.7 Å². The number of nitrogens with zero attached hydrogens (tertiary/aromatic N) is 2. The predicted molar refractivity (Wildman–Crippen MR) is 62.8 cm³/mol. The fourth-order valence-corrected chi connectivity index (χ4v) is 3.03. The zero-order valence-electron chi connectivity index (χ0n) is 10.2. The van der Waals surface area contributed by atoms with Crippen molar-refractivity contribution < 1.29 is 5.11 Å². The van der Waals surface area contributed by atoms with Crippen molar-refractivity contribution in [2.45, 2.75) is 57.1 Å². The normalized spacial score (nSPS) is 38.2. The summed E-state index contributed by atoms with van der Waals surface area (Å²) in [7, 11) is 0. The summed E-state index contributed by atoms with van der Waals surface area (Å²) in [6, 6.07) is 2.57. The Labute approximate surface area is 98.1 Å². The van der Waals surface area contributed by atoms with Crippen LogP contribution < -0.4 is 0 Å². The van der Waals surface area contributed by atoms with Crippen molar-refractivity contribution in [3.05, 3.63) is 0 Å². The second-order valence-corrected chi connectivity index (χ2v) is 5.54. The van der Waals surface area contributed by atoms with E-state index in [1.165, 1.54) is 12.8 Å². The van der Waals surface area contributed by atoms with Gasteiger partial charge in [0.2, 0.25) is 0 Å². The van der Waals surface area contributed by atoms with E-state index in [4.69, 9.17) is 0 Å². The molecule has 16 heavy (non-hydrogen) atoms. The molecule has 2 aliphatic rings. The first-order valence-electron chi connectivity index (χ1n) is 6.51. The van der Waals surface area contributed by atoms with Gasteiger partial charge in [-0.2, -0.15) is 5.26 Å². The first-order chi connectivity index (χ1) is 7.66. The van der Waals surface area contributed by atoms with E-state index in [9.17, 15) is 10.4 Å². The third-order valence-electron chi connectivity index (χ3n) is 4.38. The van der Waals surface area contributed by atoms with Crippen LogP contribution in [0.1, 0.15) is 45.4 Å². The Hall–Kier alpha value is -0.590. The van der Waals surface area contributed by atoms with Gasteiger partial charge in [0.05, 0.1) is 12.2 Å². The van der Waals surface area contributed by atoms with Gasteiger partial charge in [-0.15, -0.1) is 0 Å². The van der Waals surface area contributed by atoms with E-state index in [0.29, 0.717) is 0 Å². The highest BCUT2D eigenvalue weighted by Crippen LogP contribution is 2.37. The van der Waals surface area contributed by atoms with Crippen molar-refractivity contribution in [1.29, 1.82) is 5.26 Å². The molecule has 1 aliphatic carbocycles. The maximum absolute atomic E-state index is 9.51. The van der Waals surface area contributed by atoms with Crippen molar-refractivity contribution in [3.63, 3.8) is 0 Å². The fraction of sp³-hybridized carbons (Fsp3) is 0.923. The van der Waals surface area contributed by atoms with Gasteiger partial charge in [-0.05, 0) is 44.4 Å². The van der Waals surface area contributed by atoms with Crippen LogP contribution >= 0.6 is 0 Å². The second kappa shape index (κ2) is 4.73. The van der Waals surface area contributed by atoms with Gasteiger partial charge in [0.15, 0.2) is 0 Å². The van der Waals surface area contributed by atoms with E-state index in [1.54, 1.807) is 0 Å². The molecule has 3 heteroatoms. The molecule has 1 saturated carbocycles. The molecule has 90 valence electrons. The summed E-state index contributed by atoms with van der Waals surface area (Å²) in [6.45, 7) is 4.06. The standard InChI is InChI=1S/C13H22N2O/c1-11-2-6-13(10-14,7-3-11)15-8-4-12(16)5-9-15/h11-12,16H,2-9H2,1H3. The molecular formula is C13H22N2O. The number of rotatable bonds is 1. The first kappa shape index (κ1) is 11.9. The molecule has 2 fully saturated rings. The Morgan fingerprint density at radius 2 is 1.75 bits per heavy atom. The topological polar surface area (TPSA) is 47.3 Å². The van der Waals surface area contributed by atoms with E-state index >= 15 is 0 Å². The largest absolute Gasteiger partial charge is 0.393 e. The third kappa shape index (κ3) is 2.23. The van der Waals surface area contributed by atoms with Crippen LogP contribution in [0.2, 0.25) is 0 Å². The maximum atomic E-state index is 9.51. The minimum atomic E-state index is -0.216. The summed E-state index contributed by atoms with van der Waals surface area (Å²) >= 11 is 0. The van der Waals surface area contributed by atoms with Gasteiger partial charge in [0.1, 0.15) is 5.54 Å². The molecule has 0 aromatic heterocycles. The zero-order chi connectivity index (χ0) is 11.6. The molecule has 1 N–H and O–H groups in total. The highest BCUT2D eigenvalue weighted by atomic mass is 16.3. The number of likely N-dealkylation sites (tertiary alicyclic amines) is 1. The Bertz CT molecular complexity index is 268. The van der Waals surface area contributed by atoms with E-state index in [1.807, 2.05) is 0 Å². The lowest BCUT2D eigenvalue weighted by Gasteiger charge is -2.45. The van der Waals surface area contributed by atoms with Crippen molar-refractivity contribution in [3.8, 4) is 6.07 Å². The molecular weight excluding hydrogens is 200 g/mol. The molecule has 1 heterocycles. The Balaban J connectivity index is 2.02. The van der Waals surface area contributed by atoms with Gasteiger partial charge in [0, 0.05) is 13.1 Å². The molecule has 0 amide bonds. The van der Waals surface area contributed by atoms with Crippen LogP contribution in [0.5, 0.6) is 0 Å². The van der Waals surface area contributed by atoms with E-state index in [-0.39, 0.29) is 11.6 Å². The molecule has 0 atom stereocenters. The van der Waals surface area contributed by atoms with E-state index in [2.05, 4.69) is 17.9 Å². The van der Waals surface area contributed by atoms with Gasteiger partial charge >= 0.3 is 0 Å². The molecule has 0 aromatic carbocycles. The van der Waals surface area contributed by atoms with Gasteiger partial charge in [0.25, 0.3) is 0 Å². The summed E-state index contributed by atoms with van der Waals surface area (Å²) in [5.74, 6) is 0.775. The Morgan fingerprint density at radius 1 is 1.19 bits per heavy atom. The Kier molecular flexibility index (Phi) is 3.51. The van der Waals surface area contributed by atoms with E-state index < -0.39 is 0 Å². The van der Waals surface area contributed by atoms with Crippen LogP contribution in [0.15, 0.2) is 0 Å². The molecule has 0 aromatic rings.